The van der Waals surface area contributed by atoms with Crippen LogP contribution in [-0.4, -0.2) is 18.5 Å². The van der Waals surface area contributed by atoms with Gasteiger partial charge in [-0.2, -0.15) is 5.26 Å². The summed E-state index contributed by atoms with van der Waals surface area (Å²) in [6, 6.07) is 7.48. The molecule has 0 fully saturated rings. The maximum atomic E-state index is 11.5. The number of aryl methyl sites for hydroxylation is 1. The molecule has 0 radical (unpaired) electrons. The number of benzene rings is 1. The third-order valence-electron chi connectivity index (χ3n) is 2.56. The highest BCUT2D eigenvalue weighted by Gasteiger charge is 2.09. The van der Waals surface area contributed by atoms with Gasteiger partial charge in [-0.15, -0.1) is 11.6 Å². The number of carbonyl (C=O) groups excluding carboxylic acids is 1. The van der Waals surface area contributed by atoms with E-state index in [1.165, 1.54) is 0 Å². The average molecular weight is 266 g/mol. The van der Waals surface area contributed by atoms with Gasteiger partial charge in [0, 0.05) is 5.88 Å². The first-order chi connectivity index (χ1) is 8.71. The van der Waals surface area contributed by atoms with Crippen molar-refractivity contribution in [3.63, 3.8) is 0 Å². The van der Waals surface area contributed by atoms with Crippen LogP contribution < -0.4 is 0 Å². The molecule has 0 unspecified atom stereocenters. The molecule has 4 heteroatoms. The molecule has 0 amide bonds. The van der Waals surface area contributed by atoms with Crippen LogP contribution in [0.3, 0.4) is 0 Å². The number of nitriles is 1. The summed E-state index contributed by atoms with van der Waals surface area (Å²) >= 11 is 5.67. The van der Waals surface area contributed by atoms with Gasteiger partial charge in [-0.1, -0.05) is 6.07 Å². The third-order valence-corrected chi connectivity index (χ3v) is 2.82. The lowest BCUT2D eigenvalue weighted by Crippen LogP contribution is -2.09. The summed E-state index contributed by atoms with van der Waals surface area (Å²) in [5.41, 5.74) is 2.48. The molecule has 0 atom stereocenters. The normalized spacial score (nSPS) is 9.83. The van der Waals surface area contributed by atoms with Crippen LogP contribution in [0.15, 0.2) is 18.2 Å². The highest BCUT2D eigenvalue weighted by Crippen LogP contribution is 2.15. The van der Waals surface area contributed by atoms with Gasteiger partial charge in [0.15, 0.2) is 0 Å². The molecule has 0 heterocycles. The van der Waals surface area contributed by atoms with Gasteiger partial charge in [-0.05, 0) is 43.0 Å². The molecule has 0 N–H and O–H groups in total. The lowest BCUT2D eigenvalue weighted by Gasteiger charge is -2.09. The number of nitrogens with zero attached hydrogens (tertiary/aromatic N) is 1. The van der Waals surface area contributed by atoms with Gasteiger partial charge in [-0.3, -0.25) is 4.79 Å². The Hall–Kier alpha value is -1.53. The minimum Gasteiger partial charge on any atom is -0.466 e. The largest absolute Gasteiger partial charge is 0.466 e. The molecule has 0 bridgehead atoms. The zero-order chi connectivity index (χ0) is 13.4. The predicted molar refractivity (Wildman–Crippen MR) is 70.5 cm³/mol. The van der Waals surface area contributed by atoms with Crippen LogP contribution in [0.1, 0.15) is 30.0 Å². The van der Waals surface area contributed by atoms with Crippen molar-refractivity contribution in [2.45, 2.75) is 26.2 Å². The van der Waals surface area contributed by atoms with E-state index in [0.717, 1.165) is 24.0 Å². The fourth-order valence-electron chi connectivity index (χ4n) is 1.73. The fourth-order valence-corrected chi connectivity index (χ4v) is 1.86. The highest BCUT2D eigenvalue weighted by molar-refractivity contribution is 6.17. The van der Waals surface area contributed by atoms with Gasteiger partial charge in [0.05, 0.1) is 24.7 Å². The number of carbonyl (C=O) groups is 1. The standard InChI is InChI=1S/C14H16ClNO2/c1-2-18-14(17)9-13-8-11(10-16)5-6-12(13)4-3-7-15/h5-6,8H,2-4,7,9H2,1H3. The second-order valence-electron chi connectivity index (χ2n) is 3.87. The number of hydrogen-bond donors (Lipinski definition) is 0. The second-order valence-corrected chi connectivity index (χ2v) is 4.25. The maximum Gasteiger partial charge on any atom is 0.310 e. The van der Waals surface area contributed by atoms with Crippen molar-refractivity contribution in [2.24, 2.45) is 0 Å². The van der Waals surface area contributed by atoms with Crippen molar-refractivity contribution in [3.05, 3.63) is 34.9 Å². The van der Waals surface area contributed by atoms with E-state index < -0.39 is 0 Å². The molecule has 0 spiro atoms. The van der Waals surface area contributed by atoms with Gasteiger partial charge in [0.1, 0.15) is 0 Å². The summed E-state index contributed by atoms with van der Waals surface area (Å²) in [5, 5.41) is 8.88. The smallest absolute Gasteiger partial charge is 0.310 e. The van der Waals surface area contributed by atoms with E-state index in [4.69, 9.17) is 21.6 Å². The SMILES string of the molecule is CCOC(=O)Cc1cc(C#N)ccc1CCCCl. The third kappa shape index (κ3) is 4.38. The molecule has 0 saturated carbocycles. The van der Waals surface area contributed by atoms with E-state index in [1.54, 1.807) is 19.1 Å². The number of rotatable bonds is 6. The monoisotopic (exact) mass is 265 g/mol. The van der Waals surface area contributed by atoms with E-state index in [1.807, 2.05) is 6.07 Å². The first-order valence-electron chi connectivity index (χ1n) is 5.94. The highest BCUT2D eigenvalue weighted by atomic mass is 35.5. The summed E-state index contributed by atoms with van der Waals surface area (Å²) in [7, 11) is 0. The number of alkyl halides is 1. The Morgan fingerprint density at radius 1 is 1.44 bits per heavy atom. The first kappa shape index (κ1) is 14.5. The lowest BCUT2D eigenvalue weighted by molar-refractivity contribution is -0.142. The van der Waals surface area contributed by atoms with E-state index in [-0.39, 0.29) is 12.4 Å². The molecule has 96 valence electrons. The zero-order valence-electron chi connectivity index (χ0n) is 10.4. The van der Waals surface area contributed by atoms with E-state index in [9.17, 15) is 4.79 Å². The molecular weight excluding hydrogens is 250 g/mol. The number of halogens is 1. The Balaban J connectivity index is 2.89. The van der Waals surface area contributed by atoms with E-state index >= 15 is 0 Å². The van der Waals surface area contributed by atoms with Crippen LogP contribution in [0, 0.1) is 11.3 Å². The molecule has 1 rings (SSSR count). The van der Waals surface area contributed by atoms with Crippen molar-refractivity contribution >= 4 is 17.6 Å². The number of ether oxygens (including phenoxy) is 1. The molecule has 0 saturated heterocycles. The van der Waals surface area contributed by atoms with Crippen molar-refractivity contribution in [2.75, 3.05) is 12.5 Å². The van der Waals surface area contributed by atoms with Crippen molar-refractivity contribution in [3.8, 4) is 6.07 Å². The van der Waals surface area contributed by atoms with Crippen LogP contribution in [-0.2, 0) is 22.4 Å². The average Bonchev–Trinajstić information content (AvgIpc) is 2.37. The summed E-state index contributed by atoms with van der Waals surface area (Å²) in [6.07, 6.45) is 1.87. The minimum atomic E-state index is -0.264. The molecule has 0 aromatic heterocycles. The molecule has 0 aliphatic rings. The van der Waals surface area contributed by atoms with Crippen molar-refractivity contribution in [1.82, 2.24) is 0 Å². The van der Waals surface area contributed by atoms with Crippen molar-refractivity contribution in [1.29, 1.82) is 5.26 Å². The molecule has 1 aromatic rings. The maximum absolute atomic E-state index is 11.5. The Labute approximate surface area is 112 Å². The van der Waals surface area contributed by atoms with E-state index in [0.29, 0.717) is 18.1 Å². The Kier molecular flexibility index (Phi) is 6.24. The quantitative estimate of drug-likeness (QED) is 0.587. The molecule has 0 aliphatic heterocycles. The Morgan fingerprint density at radius 3 is 2.83 bits per heavy atom. The zero-order valence-corrected chi connectivity index (χ0v) is 11.2. The Morgan fingerprint density at radius 2 is 2.22 bits per heavy atom. The molecule has 0 aliphatic carbocycles. The van der Waals surface area contributed by atoms with Gasteiger partial charge < -0.3 is 4.74 Å². The minimum absolute atomic E-state index is 0.209. The molecule has 1 aromatic carbocycles. The van der Waals surface area contributed by atoms with Gasteiger partial charge >= 0.3 is 5.97 Å². The van der Waals surface area contributed by atoms with Gasteiger partial charge in [0.25, 0.3) is 0 Å². The number of esters is 1. The number of hydrogen-bond acceptors (Lipinski definition) is 3. The first-order valence-corrected chi connectivity index (χ1v) is 6.48. The summed E-state index contributed by atoms with van der Waals surface area (Å²) in [6.45, 7) is 2.14. The summed E-state index contributed by atoms with van der Waals surface area (Å²) < 4.78 is 4.93. The molecular formula is C14H16ClNO2. The predicted octanol–water partition coefficient (Wildman–Crippen LogP) is 2.84. The molecule has 18 heavy (non-hydrogen) atoms. The summed E-state index contributed by atoms with van der Waals surface area (Å²) in [4.78, 5) is 11.5. The fraction of sp³-hybridized carbons (Fsp3) is 0.429. The van der Waals surface area contributed by atoms with Crippen LogP contribution in [0.2, 0.25) is 0 Å². The van der Waals surface area contributed by atoms with Gasteiger partial charge in [-0.25, -0.2) is 0 Å². The Bertz CT molecular complexity index is 452. The van der Waals surface area contributed by atoms with Crippen LogP contribution in [0.5, 0.6) is 0 Å². The second kappa shape index (κ2) is 7.73. The summed E-state index contributed by atoms with van der Waals surface area (Å²) in [5.74, 6) is 0.318. The van der Waals surface area contributed by atoms with Crippen LogP contribution >= 0.6 is 11.6 Å². The topological polar surface area (TPSA) is 50.1 Å². The molecule has 3 nitrogen and oxygen atoms in total. The van der Waals surface area contributed by atoms with Crippen LogP contribution in [0.4, 0.5) is 0 Å². The van der Waals surface area contributed by atoms with Crippen molar-refractivity contribution < 1.29 is 9.53 Å². The van der Waals surface area contributed by atoms with Gasteiger partial charge in [0.2, 0.25) is 0 Å². The lowest BCUT2D eigenvalue weighted by atomic mass is 9.98. The van der Waals surface area contributed by atoms with E-state index in [2.05, 4.69) is 6.07 Å². The van der Waals surface area contributed by atoms with Crippen LogP contribution in [0.25, 0.3) is 0 Å².